The third kappa shape index (κ3) is 3.86. The summed E-state index contributed by atoms with van der Waals surface area (Å²) in [5, 5.41) is 3.78. The fraction of sp³-hybridized carbons (Fsp3) is 0.500. The van der Waals surface area contributed by atoms with E-state index in [4.69, 9.17) is 16.3 Å². The second kappa shape index (κ2) is 9.04. The zero-order chi connectivity index (χ0) is 21.1. The van der Waals surface area contributed by atoms with Crippen LogP contribution in [0, 0.1) is 6.92 Å². The highest BCUT2D eigenvalue weighted by Gasteiger charge is 2.56. The number of pyridine rings is 1. The van der Waals surface area contributed by atoms with Crippen LogP contribution in [-0.2, 0) is 4.74 Å². The van der Waals surface area contributed by atoms with Crippen molar-refractivity contribution < 1.29 is 9.53 Å². The van der Waals surface area contributed by atoms with E-state index >= 15 is 0 Å². The van der Waals surface area contributed by atoms with Gasteiger partial charge in [-0.2, -0.15) is 0 Å². The molecule has 1 unspecified atom stereocenters. The lowest BCUT2D eigenvalue weighted by molar-refractivity contribution is 0.0740. The summed E-state index contributed by atoms with van der Waals surface area (Å²) in [7, 11) is 1.75. The van der Waals surface area contributed by atoms with Crippen LogP contribution in [0.5, 0.6) is 0 Å². The number of methoxy groups -OCH3 is 1. The van der Waals surface area contributed by atoms with Gasteiger partial charge in [0.25, 0.3) is 5.91 Å². The summed E-state index contributed by atoms with van der Waals surface area (Å²) < 4.78 is 5.30. The molecule has 2 aromatic rings. The van der Waals surface area contributed by atoms with Crippen molar-refractivity contribution in [3.05, 3.63) is 64.4 Å². The number of halogens is 1. The molecule has 6 heteroatoms. The first-order valence-corrected chi connectivity index (χ1v) is 11.2. The van der Waals surface area contributed by atoms with Crippen LogP contribution in [0.1, 0.15) is 59.6 Å². The molecule has 0 radical (unpaired) electrons. The Morgan fingerprint density at radius 2 is 2.03 bits per heavy atom. The molecule has 1 N–H and O–H groups in total. The predicted octanol–water partition coefficient (Wildman–Crippen LogP) is 4.55. The van der Waals surface area contributed by atoms with E-state index in [1.165, 1.54) is 19.0 Å². The van der Waals surface area contributed by atoms with Crippen molar-refractivity contribution in [2.45, 2.75) is 56.7 Å². The summed E-state index contributed by atoms with van der Waals surface area (Å²) >= 11 is 6.36. The van der Waals surface area contributed by atoms with E-state index in [-0.39, 0.29) is 17.5 Å². The molecule has 30 heavy (non-hydrogen) atoms. The SMILES string of the molecule is COCCCN1C2CCC1(C(NC(=O)c1c(C)cncc1Cl)c1ccccc1)CC2. The van der Waals surface area contributed by atoms with Gasteiger partial charge in [-0.25, -0.2) is 0 Å². The van der Waals surface area contributed by atoms with Crippen molar-refractivity contribution in [2.75, 3.05) is 20.3 Å². The number of hydrogen-bond donors (Lipinski definition) is 1. The molecule has 160 valence electrons. The highest BCUT2D eigenvalue weighted by Crippen LogP contribution is 2.52. The number of nitrogens with one attached hydrogen (secondary N) is 1. The zero-order valence-corrected chi connectivity index (χ0v) is 18.5. The van der Waals surface area contributed by atoms with Crippen LogP contribution in [0.3, 0.4) is 0 Å². The number of aromatic nitrogens is 1. The van der Waals surface area contributed by atoms with Crippen LogP contribution in [0.15, 0.2) is 42.7 Å². The maximum atomic E-state index is 13.4. The highest BCUT2D eigenvalue weighted by atomic mass is 35.5. The van der Waals surface area contributed by atoms with Crippen LogP contribution in [0.25, 0.3) is 0 Å². The number of carbonyl (C=O) groups is 1. The summed E-state index contributed by atoms with van der Waals surface area (Å²) in [5.41, 5.74) is 2.38. The van der Waals surface area contributed by atoms with Gasteiger partial charge in [-0.1, -0.05) is 41.9 Å². The molecular weight excluding hydrogens is 398 g/mol. The first kappa shape index (κ1) is 21.3. The maximum absolute atomic E-state index is 13.4. The topological polar surface area (TPSA) is 54.5 Å². The fourth-order valence-corrected chi connectivity index (χ4v) is 5.79. The van der Waals surface area contributed by atoms with Crippen molar-refractivity contribution in [1.82, 2.24) is 15.2 Å². The molecule has 2 fully saturated rings. The predicted molar refractivity (Wildman–Crippen MR) is 119 cm³/mol. The number of fused-ring (bicyclic) bond motifs is 2. The standard InChI is InChI=1S/C24H30ClN3O2/c1-17-15-26-16-20(25)21(17)23(29)27-22(18-7-4-3-5-8-18)24-11-9-19(10-12-24)28(24)13-6-14-30-2/h3-5,7-8,15-16,19,22H,6,9-14H2,1-2H3,(H,27,29). The van der Waals surface area contributed by atoms with Crippen LogP contribution < -0.4 is 5.32 Å². The van der Waals surface area contributed by atoms with Crippen molar-refractivity contribution in [3.8, 4) is 0 Å². The lowest BCUT2D eigenvalue weighted by Gasteiger charge is -2.42. The number of aryl methyl sites for hydroxylation is 1. The van der Waals surface area contributed by atoms with Crippen LogP contribution in [-0.4, -0.2) is 47.6 Å². The van der Waals surface area contributed by atoms with Gasteiger partial charge in [-0.05, 0) is 50.2 Å². The Morgan fingerprint density at radius 3 is 2.70 bits per heavy atom. The summed E-state index contributed by atoms with van der Waals surface area (Å²) in [5.74, 6) is -0.129. The van der Waals surface area contributed by atoms with Gasteiger partial charge in [0.05, 0.1) is 16.6 Å². The molecule has 1 aromatic heterocycles. The van der Waals surface area contributed by atoms with Gasteiger partial charge >= 0.3 is 0 Å². The molecule has 0 saturated carbocycles. The van der Waals surface area contributed by atoms with Crippen molar-refractivity contribution in [1.29, 1.82) is 0 Å². The number of benzene rings is 1. The zero-order valence-electron chi connectivity index (χ0n) is 17.7. The molecule has 2 saturated heterocycles. The van der Waals surface area contributed by atoms with Gasteiger partial charge < -0.3 is 10.1 Å². The Balaban J connectivity index is 1.68. The van der Waals surface area contributed by atoms with E-state index < -0.39 is 0 Å². The molecule has 2 bridgehead atoms. The molecule has 4 rings (SSSR count). The summed E-state index contributed by atoms with van der Waals surface area (Å²) in [6, 6.07) is 10.9. The van der Waals surface area contributed by atoms with E-state index in [1.807, 2.05) is 25.1 Å². The molecule has 1 amide bonds. The van der Waals surface area contributed by atoms with Gasteiger partial charge in [-0.15, -0.1) is 0 Å². The molecular formula is C24H30ClN3O2. The molecule has 0 spiro atoms. The monoisotopic (exact) mass is 427 g/mol. The molecule has 0 aliphatic carbocycles. The summed E-state index contributed by atoms with van der Waals surface area (Å²) in [6.45, 7) is 3.63. The van der Waals surface area contributed by atoms with E-state index in [1.54, 1.807) is 13.3 Å². The Morgan fingerprint density at radius 1 is 1.30 bits per heavy atom. The summed E-state index contributed by atoms with van der Waals surface area (Å²) in [6.07, 6.45) is 8.77. The number of nitrogens with zero attached hydrogens (tertiary/aromatic N) is 2. The van der Waals surface area contributed by atoms with Crippen molar-refractivity contribution >= 4 is 17.5 Å². The van der Waals surface area contributed by atoms with E-state index in [0.717, 1.165) is 43.5 Å². The minimum atomic E-state index is -0.129. The second-order valence-electron chi connectivity index (χ2n) is 8.50. The van der Waals surface area contributed by atoms with E-state index in [0.29, 0.717) is 16.6 Å². The van der Waals surface area contributed by atoms with Crippen LogP contribution >= 0.6 is 11.6 Å². The lowest BCUT2D eigenvalue weighted by atomic mass is 9.78. The quantitative estimate of drug-likeness (QED) is 0.628. The number of carbonyl (C=O) groups excluding carboxylic acids is 1. The van der Waals surface area contributed by atoms with Crippen LogP contribution in [0.4, 0.5) is 0 Å². The Labute approximate surface area is 183 Å². The molecule has 2 aliphatic rings. The first-order valence-electron chi connectivity index (χ1n) is 10.8. The molecule has 1 aromatic carbocycles. The van der Waals surface area contributed by atoms with Gasteiger partial charge in [0.15, 0.2) is 0 Å². The number of hydrogen-bond acceptors (Lipinski definition) is 4. The third-order valence-electron chi connectivity index (χ3n) is 6.84. The normalized spacial score (nSPS) is 24.2. The smallest absolute Gasteiger partial charge is 0.253 e. The largest absolute Gasteiger partial charge is 0.385 e. The number of amides is 1. The van der Waals surface area contributed by atoms with Gasteiger partial charge in [-0.3, -0.25) is 14.7 Å². The third-order valence-corrected chi connectivity index (χ3v) is 7.13. The van der Waals surface area contributed by atoms with Crippen molar-refractivity contribution in [3.63, 3.8) is 0 Å². The molecule has 3 heterocycles. The van der Waals surface area contributed by atoms with Gasteiger partial charge in [0.2, 0.25) is 0 Å². The average Bonchev–Trinajstić information content (AvgIpc) is 3.28. The van der Waals surface area contributed by atoms with E-state index in [9.17, 15) is 4.79 Å². The first-order chi connectivity index (χ1) is 14.6. The molecule has 2 aliphatic heterocycles. The minimum Gasteiger partial charge on any atom is -0.385 e. The minimum absolute atomic E-state index is 0.0666. The number of rotatable bonds is 8. The highest BCUT2D eigenvalue weighted by molar-refractivity contribution is 6.33. The van der Waals surface area contributed by atoms with E-state index in [2.05, 4.69) is 27.3 Å². The lowest BCUT2D eigenvalue weighted by Crippen LogP contribution is -2.52. The van der Waals surface area contributed by atoms with Gasteiger partial charge in [0.1, 0.15) is 0 Å². The average molecular weight is 428 g/mol. The molecule has 1 atom stereocenters. The number of ether oxygens (including phenoxy) is 1. The molecule has 5 nitrogen and oxygen atoms in total. The maximum Gasteiger partial charge on any atom is 0.253 e. The van der Waals surface area contributed by atoms with Crippen molar-refractivity contribution in [2.24, 2.45) is 0 Å². The Kier molecular flexibility index (Phi) is 6.42. The Hall–Kier alpha value is -1.95. The Bertz CT molecular complexity index is 861. The van der Waals surface area contributed by atoms with Crippen LogP contribution in [0.2, 0.25) is 5.02 Å². The fourth-order valence-electron chi connectivity index (χ4n) is 5.50. The second-order valence-corrected chi connectivity index (χ2v) is 8.91. The summed E-state index contributed by atoms with van der Waals surface area (Å²) in [4.78, 5) is 20.1. The van der Waals surface area contributed by atoms with Gasteiger partial charge in [0, 0.05) is 44.2 Å².